The molecule has 0 radical (unpaired) electrons. The fraction of sp³-hybridized carbons (Fsp3) is 0.727. The highest BCUT2D eigenvalue weighted by molar-refractivity contribution is 8.01. The number of amides is 2. The van der Waals surface area contributed by atoms with Gasteiger partial charge in [-0.2, -0.15) is 0 Å². The van der Waals surface area contributed by atoms with Crippen LogP contribution in [0.15, 0.2) is 0 Å². The summed E-state index contributed by atoms with van der Waals surface area (Å²) in [4.78, 5) is 33.7. The first-order valence-electron chi connectivity index (χ1n) is 5.81. The van der Waals surface area contributed by atoms with Crippen molar-refractivity contribution in [1.82, 2.24) is 5.32 Å². The van der Waals surface area contributed by atoms with Crippen molar-refractivity contribution in [3.63, 3.8) is 0 Å². The summed E-state index contributed by atoms with van der Waals surface area (Å²) in [6.07, 6.45) is 1.66. The summed E-state index contributed by atoms with van der Waals surface area (Å²) in [5.41, 5.74) is 4.97. The Morgan fingerprint density at radius 3 is 2.61 bits per heavy atom. The van der Waals surface area contributed by atoms with E-state index >= 15 is 0 Å². The maximum Gasteiger partial charge on any atom is 0.326 e. The molecule has 0 saturated carbocycles. The van der Waals surface area contributed by atoms with Crippen LogP contribution in [0.3, 0.4) is 0 Å². The van der Waals surface area contributed by atoms with Gasteiger partial charge in [0.15, 0.2) is 0 Å². The van der Waals surface area contributed by atoms with Crippen LogP contribution in [0.1, 0.15) is 32.6 Å². The molecular formula is C11H18N2O4S. The third-order valence-corrected chi connectivity index (χ3v) is 4.50. The second-order valence-electron chi connectivity index (χ2n) is 4.55. The van der Waals surface area contributed by atoms with Crippen molar-refractivity contribution in [3.05, 3.63) is 0 Å². The highest BCUT2D eigenvalue weighted by Gasteiger charge is 2.38. The Kier molecular flexibility index (Phi) is 5.01. The van der Waals surface area contributed by atoms with Crippen molar-refractivity contribution in [2.24, 2.45) is 5.73 Å². The molecule has 1 heterocycles. The smallest absolute Gasteiger partial charge is 0.326 e. The van der Waals surface area contributed by atoms with E-state index in [4.69, 9.17) is 10.8 Å². The first kappa shape index (κ1) is 14.8. The lowest BCUT2D eigenvalue weighted by molar-refractivity contribution is -0.142. The van der Waals surface area contributed by atoms with E-state index in [1.165, 1.54) is 11.8 Å². The summed E-state index contributed by atoms with van der Waals surface area (Å²) in [7, 11) is 0. The van der Waals surface area contributed by atoms with Gasteiger partial charge in [0.1, 0.15) is 6.04 Å². The van der Waals surface area contributed by atoms with Crippen molar-refractivity contribution < 1.29 is 19.5 Å². The summed E-state index contributed by atoms with van der Waals surface area (Å²) in [6, 6.07) is -1.05. The van der Waals surface area contributed by atoms with Crippen LogP contribution in [0.4, 0.5) is 0 Å². The zero-order valence-corrected chi connectivity index (χ0v) is 11.1. The van der Waals surface area contributed by atoms with E-state index in [0.29, 0.717) is 0 Å². The first-order chi connectivity index (χ1) is 8.35. The van der Waals surface area contributed by atoms with Crippen LogP contribution in [0.25, 0.3) is 0 Å². The quantitative estimate of drug-likeness (QED) is 0.636. The van der Waals surface area contributed by atoms with Gasteiger partial charge >= 0.3 is 5.97 Å². The molecule has 18 heavy (non-hydrogen) atoms. The maximum absolute atomic E-state index is 12.0. The predicted octanol–water partition coefficient (Wildman–Crippen LogP) is 0.107. The number of nitrogens with two attached hydrogens (primary N) is 1. The molecule has 0 spiro atoms. The molecule has 4 N–H and O–H groups in total. The van der Waals surface area contributed by atoms with Gasteiger partial charge < -0.3 is 16.2 Å². The van der Waals surface area contributed by atoms with Gasteiger partial charge in [-0.25, -0.2) is 4.79 Å². The van der Waals surface area contributed by atoms with E-state index in [1.807, 2.05) is 6.92 Å². The zero-order chi connectivity index (χ0) is 13.8. The molecule has 102 valence electrons. The van der Waals surface area contributed by atoms with E-state index in [0.717, 1.165) is 18.6 Å². The number of carbonyl (C=O) groups is 3. The van der Waals surface area contributed by atoms with Crippen molar-refractivity contribution in [2.75, 3.05) is 5.75 Å². The minimum atomic E-state index is -1.14. The van der Waals surface area contributed by atoms with Crippen LogP contribution >= 0.6 is 11.8 Å². The molecule has 1 fully saturated rings. The molecule has 1 rings (SSSR count). The Morgan fingerprint density at radius 1 is 1.50 bits per heavy atom. The number of hydrogen-bond acceptors (Lipinski definition) is 4. The number of carbonyl (C=O) groups excluding carboxylic acids is 2. The van der Waals surface area contributed by atoms with Crippen LogP contribution in [0.2, 0.25) is 0 Å². The summed E-state index contributed by atoms with van der Waals surface area (Å²) in [6.45, 7) is 1.81. The largest absolute Gasteiger partial charge is 0.480 e. The van der Waals surface area contributed by atoms with E-state index in [-0.39, 0.29) is 18.7 Å². The maximum atomic E-state index is 12.0. The van der Waals surface area contributed by atoms with Gasteiger partial charge in [-0.05, 0) is 31.9 Å². The highest BCUT2D eigenvalue weighted by atomic mass is 32.2. The van der Waals surface area contributed by atoms with Crippen LogP contribution in [0, 0.1) is 0 Å². The fourth-order valence-corrected chi connectivity index (χ4v) is 3.03. The van der Waals surface area contributed by atoms with Crippen LogP contribution in [-0.4, -0.2) is 39.4 Å². The SMILES string of the molecule is CC1(C(=O)N[C@@H](CCC(N)=O)C(=O)O)CCCS1. The predicted molar refractivity (Wildman–Crippen MR) is 68.1 cm³/mol. The standard InChI is InChI=1S/C11H18N2O4S/c1-11(5-2-6-18-11)10(17)13-7(9(15)16)3-4-8(12)14/h7H,2-6H2,1H3,(H2,12,14)(H,13,17)(H,15,16)/t7-,11?/m0/s1. The fourth-order valence-electron chi connectivity index (χ4n) is 1.81. The number of primary amides is 1. The lowest BCUT2D eigenvalue weighted by atomic mass is 10.0. The third-order valence-electron chi connectivity index (χ3n) is 2.98. The topological polar surface area (TPSA) is 109 Å². The van der Waals surface area contributed by atoms with Gasteiger partial charge in [-0.1, -0.05) is 0 Å². The number of hydrogen-bond donors (Lipinski definition) is 3. The molecule has 2 amide bonds. The second-order valence-corrected chi connectivity index (χ2v) is 6.15. The van der Waals surface area contributed by atoms with Gasteiger partial charge in [0, 0.05) is 6.42 Å². The van der Waals surface area contributed by atoms with E-state index in [2.05, 4.69) is 5.32 Å². The van der Waals surface area contributed by atoms with E-state index in [1.54, 1.807) is 0 Å². The molecule has 0 aromatic rings. The summed E-state index contributed by atoms with van der Waals surface area (Å²) in [5, 5.41) is 11.5. The molecule has 2 atom stereocenters. The Hall–Kier alpha value is -1.24. The summed E-state index contributed by atoms with van der Waals surface area (Å²) >= 11 is 1.53. The van der Waals surface area contributed by atoms with Crippen molar-refractivity contribution >= 4 is 29.5 Å². The number of carboxylic acids is 1. The molecule has 0 aliphatic carbocycles. The van der Waals surface area contributed by atoms with Crippen molar-refractivity contribution in [2.45, 2.75) is 43.4 Å². The van der Waals surface area contributed by atoms with Crippen LogP contribution < -0.4 is 11.1 Å². The normalized spacial score (nSPS) is 24.5. The number of thioether (sulfide) groups is 1. The van der Waals surface area contributed by atoms with Gasteiger partial charge in [0.2, 0.25) is 11.8 Å². The lowest BCUT2D eigenvalue weighted by Gasteiger charge is -2.24. The van der Waals surface area contributed by atoms with E-state index in [9.17, 15) is 14.4 Å². The summed E-state index contributed by atoms with van der Waals surface area (Å²) in [5.74, 6) is -1.09. The molecule has 1 saturated heterocycles. The van der Waals surface area contributed by atoms with Gasteiger partial charge in [-0.3, -0.25) is 9.59 Å². The van der Waals surface area contributed by atoms with Crippen molar-refractivity contribution in [3.8, 4) is 0 Å². The first-order valence-corrected chi connectivity index (χ1v) is 6.80. The molecule has 0 bridgehead atoms. The average molecular weight is 274 g/mol. The monoisotopic (exact) mass is 274 g/mol. The molecule has 1 aliphatic heterocycles. The van der Waals surface area contributed by atoms with Crippen molar-refractivity contribution in [1.29, 1.82) is 0 Å². The van der Waals surface area contributed by atoms with Gasteiger partial charge in [0.25, 0.3) is 0 Å². The number of nitrogens with one attached hydrogen (secondary N) is 1. The average Bonchev–Trinajstić information content (AvgIpc) is 2.71. The van der Waals surface area contributed by atoms with Gasteiger partial charge in [0.05, 0.1) is 4.75 Å². The molecule has 1 aliphatic rings. The number of carboxylic acid groups (broad SMARTS) is 1. The molecule has 6 nitrogen and oxygen atoms in total. The van der Waals surface area contributed by atoms with E-state index < -0.39 is 22.7 Å². The molecular weight excluding hydrogens is 256 g/mol. The van der Waals surface area contributed by atoms with Crippen LogP contribution in [-0.2, 0) is 14.4 Å². The number of aliphatic carboxylic acids is 1. The van der Waals surface area contributed by atoms with Crippen LogP contribution in [0.5, 0.6) is 0 Å². The molecule has 7 heteroatoms. The Labute approximate surface area is 110 Å². The molecule has 0 aromatic carbocycles. The molecule has 0 aromatic heterocycles. The number of rotatable bonds is 6. The minimum absolute atomic E-state index is 0.0250. The molecule has 1 unspecified atom stereocenters. The Bertz CT molecular complexity index is 353. The zero-order valence-electron chi connectivity index (χ0n) is 10.3. The Morgan fingerprint density at radius 2 is 2.17 bits per heavy atom. The summed E-state index contributed by atoms with van der Waals surface area (Å²) < 4.78 is -0.555. The Balaban J connectivity index is 2.57. The minimum Gasteiger partial charge on any atom is -0.480 e. The lowest BCUT2D eigenvalue weighted by Crippen LogP contribution is -2.48. The second kappa shape index (κ2) is 6.08. The highest BCUT2D eigenvalue weighted by Crippen LogP contribution is 2.37. The third kappa shape index (κ3) is 3.90. The van der Waals surface area contributed by atoms with Gasteiger partial charge in [-0.15, -0.1) is 11.8 Å².